The Labute approximate surface area is 87.3 Å². The highest BCUT2D eigenvalue weighted by Crippen LogP contribution is 2.16. The summed E-state index contributed by atoms with van der Waals surface area (Å²) in [6.45, 7) is 2.10. The first-order valence-electron chi connectivity index (χ1n) is 4.91. The van der Waals surface area contributed by atoms with E-state index in [2.05, 4.69) is 0 Å². The van der Waals surface area contributed by atoms with Crippen molar-refractivity contribution in [2.45, 2.75) is 12.8 Å². The van der Waals surface area contributed by atoms with Crippen LogP contribution in [0.3, 0.4) is 0 Å². The summed E-state index contributed by atoms with van der Waals surface area (Å²) < 4.78 is 10.8. The van der Waals surface area contributed by atoms with Crippen molar-refractivity contribution >= 4 is 16.7 Å². The first-order chi connectivity index (χ1) is 6.63. The standard InChI is InChI=1S/C9H18N2O2S/c1-14(13)4-2-3-11-7-8(6-10)5-9(11)12/h8H,2-7,10H2,1H3. The SMILES string of the molecule is CS(=O)CCCN1CC(CN)CC1=O. The summed E-state index contributed by atoms with van der Waals surface area (Å²) in [7, 11) is -0.750. The third kappa shape index (κ3) is 3.38. The lowest BCUT2D eigenvalue weighted by atomic mass is 10.1. The fourth-order valence-corrected chi connectivity index (χ4v) is 2.22. The van der Waals surface area contributed by atoms with Crippen molar-refractivity contribution in [3.8, 4) is 0 Å². The Balaban J connectivity index is 2.25. The molecule has 0 aromatic heterocycles. The number of carbonyl (C=O) groups is 1. The highest BCUT2D eigenvalue weighted by molar-refractivity contribution is 7.84. The van der Waals surface area contributed by atoms with Gasteiger partial charge >= 0.3 is 0 Å². The summed E-state index contributed by atoms with van der Waals surface area (Å²) in [5, 5.41) is 0. The predicted octanol–water partition coefficient (Wildman–Crippen LogP) is -0.438. The maximum Gasteiger partial charge on any atom is 0.222 e. The van der Waals surface area contributed by atoms with E-state index in [9.17, 15) is 9.00 Å². The highest BCUT2D eigenvalue weighted by atomic mass is 32.2. The van der Waals surface area contributed by atoms with Crippen molar-refractivity contribution in [1.82, 2.24) is 4.90 Å². The summed E-state index contributed by atoms with van der Waals surface area (Å²) in [5.41, 5.74) is 5.51. The van der Waals surface area contributed by atoms with Crippen molar-refractivity contribution in [2.24, 2.45) is 11.7 Å². The molecule has 1 saturated heterocycles. The third-order valence-corrected chi connectivity index (χ3v) is 3.35. The quantitative estimate of drug-likeness (QED) is 0.680. The smallest absolute Gasteiger partial charge is 0.222 e. The van der Waals surface area contributed by atoms with Gasteiger partial charge in [-0.25, -0.2) is 0 Å². The number of hydrogen-bond acceptors (Lipinski definition) is 3. The topological polar surface area (TPSA) is 63.4 Å². The van der Waals surface area contributed by atoms with Gasteiger partial charge in [-0.3, -0.25) is 9.00 Å². The van der Waals surface area contributed by atoms with E-state index in [0.717, 1.165) is 19.5 Å². The van der Waals surface area contributed by atoms with Crippen molar-refractivity contribution in [2.75, 3.05) is 31.6 Å². The number of rotatable bonds is 5. The Morgan fingerprint density at radius 2 is 2.36 bits per heavy atom. The van der Waals surface area contributed by atoms with E-state index < -0.39 is 10.8 Å². The molecule has 2 unspecified atom stereocenters. The molecule has 0 aliphatic carbocycles. The van der Waals surface area contributed by atoms with Gasteiger partial charge in [0.25, 0.3) is 0 Å². The van der Waals surface area contributed by atoms with Crippen LogP contribution >= 0.6 is 0 Å². The van der Waals surface area contributed by atoms with Crippen LogP contribution < -0.4 is 5.73 Å². The van der Waals surface area contributed by atoms with Crippen molar-refractivity contribution in [3.05, 3.63) is 0 Å². The number of amides is 1. The molecule has 1 rings (SSSR count). The number of hydrogen-bond donors (Lipinski definition) is 1. The molecule has 1 aliphatic rings. The first kappa shape index (κ1) is 11.7. The lowest BCUT2D eigenvalue weighted by molar-refractivity contribution is -0.127. The van der Waals surface area contributed by atoms with Gasteiger partial charge in [0.15, 0.2) is 0 Å². The molecule has 1 aliphatic heterocycles. The molecule has 0 aromatic rings. The highest BCUT2D eigenvalue weighted by Gasteiger charge is 2.27. The zero-order chi connectivity index (χ0) is 10.6. The Hall–Kier alpha value is -0.420. The normalized spacial score (nSPS) is 24.3. The van der Waals surface area contributed by atoms with Gasteiger partial charge < -0.3 is 10.6 Å². The molecule has 1 heterocycles. The summed E-state index contributed by atoms with van der Waals surface area (Å²) in [5.74, 6) is 1.20. The molecule has 0 bridgehead atoms. The number of nitrogens with two attached hydrogens (primary N) is 1. The number of carbonyl (C=O) groups excluding carboxylic acids is 1. The molecule has 0 spiro atoms. The Morgan fingerprint density at radius 1 is 1.64 bits per heavy atom. The monoisotopic (exact) mass is 218 g/mol. The van der Waals surface area contributed by atoms with Crippen LogP contribution in [-0.2, 0) is 15.6 Å². The molecule has 0 radical (unpaired) electrons. The Morgan fingerprint density at radius 3 is 2.86 bits per heavy atom. The molecule has 0 aromatic carbocycles. The summed E-state index contributed by atoms with van der Waals surface area (Å²) in [6.07, 6.45) is 3.10. The molecule has 14 heavy (non-hydrogen) atoms. The zero-order valence-corrected chi connectivity index (χ0v) is 9.39. The maximum atomic E-state index is 11.4. The van der Waals surface area contributed by atoms with Gasteiger partial charge in [0, 0.05) is 42.3 Å². The first-order valence-corrected chi connectivity index (χ1v) is 6.64. The van der Waals surface area contributed by atoms with Gasteiger partial charge in [-0.2, -0.15) is 0 Å². The summed E-state index contributed by atoms with van der Waals surface area (Å²) in [4.78, 5) is 13.3. The second-order valence-electron chi connectivity index (χ2n) is 3.78. The molecule has 82 valence electrons. The van der Waals surface area contributed by atoms with Crippen LogP contribution in [-0.4, -0.2) is 46.7 Å². The van der Waals surface area contributed by atoms with Crippen molar-refractivity contribution in [1.29, 1.82) is 0 Å². The van der Waals surface area contributed by atoms with E-state index in [1.165, 1.54) is 0 Å². The Bertz CT molecular complexity index is 233. The van der Waals surface area contributed by atoms with Crippen molar-refractivity contribution < 1.29 is 9.00 Å². The molecule has 5 heteroatoms. The van der Waals surface area contributed by atoms with Gasteiger partial charge in [0.2, 0.25) is 5.91 Å². The lowest BCUT2D eigenvalue weighted by Gasteiger charge is -2.15. The van der Waals surface area contributed by atoms with E-state index in [-0.39, 0.29) is 5.91 Å². The number of likely N-dealkylation sites (tertiary alicyclic amines) is 1. The fourth-order valence-electron chi connectivity index (χ4n) is 1.69. The maximum absolute atomic E-state index is 11.4. The van der Waals surface area contributed by atoms with Crippen LogP contribution in [0, 0.1) is 5.92 Å². The van der Waals surface area contributed by atoms with Crippen LogP contribution in [0.1, 0.15) is 12.8 Å². The van der Waals surface area contributed by atoms with Crippen LogP contribution in [0.5, 0.6) is 0 Å². The van der Waals surface area contributed by atoms with Crippen LogP contribution in [0.25, 0.3) is 0 Å². The van der Waals surface area contributed by atoms with E-state index in [0.29, 0.717) is 24.6 Å². The number of nitrogens with zero attached hydrogens (tertiary/aromatic N) is 1. The van der Waals surface area contributed by atoms with Gasteiger partial charge in [0.1, 0.15) is 0 Å². The van der Waals surface area contributed by atoms with E-state index >= 15 is 0 Å². The fraction of sp³-hybridized carbons (Fsp3) is 0.889. The van der Waals surface area contributed by atoms with Crippen molar-refractivity contribution in [3.63, 3.8) is 0 Å². The Kier molecular flexibility index (Phi) is 4.54. The lowest BCUT2D eigenvalue weighted by Crippen LogP contribution is -2.28. The van der Waals surface area contributed by atoms with E-state index in [1.807, 2.05) is 4.90 Å². The second kappa shape index (κ2) is 5.46. The van der Waals surface area contributed by atoms with Crippen LogP contribution in [0.15, 0.2) is 0 Å². The summed E-state index contributed by atoms with van der Waals surface area (Å²) >= 11 is 0. The minimum Gasteiger partial charge on any atom is -0.342 e. The second-order valence-corrected chi connectivity index (χ2v) is 5.33. The minimum absolute atomic E-state index is 0.197. The molecule has 4 nitrogen and oxygen atoms in total. The average molecular weight is 218 g/mol. The zero-order valence-electron chi connectivity index (χ0n) is 8.57. The molecular weight excluding hydrogens is 200 g/mol. The minimum atomic E-state index is -0.750. The molecule has 0 saturated carbocycles. The molecule has 2 N–H and O–H groups in total. The molecule has 1 amide bonds. The van der Waals surface area contributed by atoms with Gasteiger partial charge in [-0.05, 0) is 18.9 Å². The molecule has 1 fully saturated rings. The molecular formula is C9H18N2O2S. The van der Waals surface area contributed by atoms with Gasteiger partial charge in [-0.15, -0.1) is 0 Å². The molecule has 2 atom stereocenters. The van der Waals surface area contributed by atoms with E-state index in [1.54, 1.807) is 6.26 Å². The van der Waals surface area contributed by atoms with Crippen LogP contribution in [0.4, 0.5) is 0 Å². The third-order valence-electron chi connectivity index (χ3n) is 2.49. The predicted molar refractivity (Wildman–Crippen MR) is 57.3 cm³/mol. The van der Waals surface area contributed by atoms with Gasteiger partial charge in [0.05, 0.1) is 0 Å². The largest absolute Gasteiger partial charge is 0.342 e. The van der Waals surface area contributed by atoms with E-state index in [4.69, 9.17) is 5.73 Å². The van der Waals surface area contributed by atoms with Gasteiger partial charge in [-0.1, -0.05) is 0 Å². The average Bonchev–Trinajstić information content (AvgIpc) is 2.47. The van der Waals surface area contributed by atoms with Crippen LogP contribution in [0.2, 0.25) is 0 Å². The summed E-state index contributed by atoms with van der Waals surface area (Å²) in [6, 6.07) is 0.